The number of aromatic nitrogens is 2. The van der Waals surface area contributed by atoms with Gasteiger partial charge in [0.25, 0.3) is 5.91 Å². The predicted molar refractivity (Wildman–Crippen MR) is 116 cm³/mol. The zero-order chi connectivity index (χ0) is 21.0. The minimum Gasteiger partial charge on any atom is -0.326 e. The zero-order valence-electron chi connectivity index (χ0n) is 17.2. The largest absolute Gasteiger partial charge is 0.326 e. The van der Waals surface area contributed by atoms with E-state index in [9.17, 15) is 9.59 Å². The van der Waals surface area contributed by atoms with Gasteiger partial charge >= 0.3 is 0 Å². The van der Waals surface area contributed by atoms with Gasteiger partial charge in [-0.25, -0.2) is 4.68 Å². The molecular formula is C23H26N4O2. The van der Waals surface area contributed by atoms with Gasteiger partial charge in [0.2, 0.25) is 5.91 Å². The maximum atomic E-state index is 12.5. The second-order valence-electron chi connectivity index (χ2n) is 7.56. The summed E-state index contributed by atoms with van der Waals surface area (Å²) in [7, 11) is 0. The molecule has 0 atom stereocenters. The lowest BCUT2D eigenvalue weighted by atomic mass is 10.1. The van der Waals surface area contributed by atoms with Crippen molar-refractivity contribution in [2.75, 3.05) is 10.6 Å². The third kappa shape index (κ3) is 5.31. The molecule has 1 heterocycles. The Labute approximate surface area is 170 Å². The summed E-state index contributed by atoms with van der Waals surface area (Å²) in [4.78, 5) is 24.3. The molecule has 3 aromatic rings. The monoisotopic (exact) mass is 390 g/mol. The number of carbonyl (C=O) groups is 2. The van der Waals surface area contributed by atoms with Crippen LogP contribution in [-0.4, -0.2) is 21.6 Å². The minimum atomic E-state index is -0.193. The van der Waals surface area contributed by atoms with Gasteiger partial charge in [0, 0.05) is 29.1 Å². The van der Waals surface area contributed by atoms with E-state index in [1.807, 2.05) is 50.6 Å². The van der Waals surface area contributed by atoms with Gasteiger partial charge in [0.15, 0.2) is 0 Å². The van der Waals surface area contributed by atoms with E-state index in [0.717, 1.165) is 17.1 Å². The van der Waals surface area contributed by atoms with Crippen LogP contribution in [0.5, 0.6) is 0 Å². The van der Waals surface area contributed by atoms with E-state index in [1.54, 1.807) is 36.4 Å². The highest BCUT2D eigenvalue weighted by Crippen LogP contribution is 2.17. The Bertz CT molecular complexity index is 1000. The molecule has 1 aromatic heterocycles. The molecule has 150 valence electrons. The van der Waals surface area contributed by atoms with Crippen molar-refractivity contribution >= 4 is 23.2 Å². The van der Waals surface area contributed by atoms with Crippen molar-refractivity contribution in [2.45, 2.75) is 34.1 Å². The van der Waals surface area contributed by atoms with Gasteiger partial charge in [-0.1, -0.05) is 13.8 Å². The topological polar surface area (TPSA) is 76.0 Å². The highest BCUT2D eigenvalue weighted by molar-refractivity contribution is 6.04. The third-order valence-electron chi connectivity index (χ3n) is 4.40. The van der Waals surface area contributed by atoms with Crippen molar-refractivity contribution in [1.29, 1.82) is 0 Å². The first-order valence-corrected chi connectivity index (χ1v) is 9.67. The van der Waals surface area contributed by atoms with Crippen LogP contribution in [0.4, 0.5) is 11.4 Å². The Morgan fingerprint density at radius 3 is 2.03 bits per heavy atom. The molecular weight excluding hydrogens is 364 g/mol. The van der Waals surface area contributed by atoms with Gasteiger partial charge in [-0.3, -0.25) is 9.59 Å². The fourth-order valence-electron chi connectivity index (χ4n) is 3.07. The van der Waals surface area contributed by atoms with Gasteiger partial charge < -0.3 is 10.6 Å². The van der Waals surface area contributed by atoms with Crippen LogP contribution in [0.1, 0.15) is 42.0 Å². The highest BCUT2D eigenvalue weighted by Gasteiger charge is 2.09. The second-order valence-corrected chi connectivity index (χ2v) is 7.56. The minimum absolute atomic E-state index is 0.0144. The molecule has 0 aliphatic rings. The molecule has 2 amide bonds. The van der Waals surface area contributed by atoms with Crippen molar-refractivity contribution in [3.05, 3.63) is 71.5 Å². The number of amides is 2. The third-order valence-corrected chi connectivity index (χ3v) is 4.40. The second kappa shape index (κ2) is 8.73. The normalized spacial score (nSPS) is 10.8. The molecule has 3 rings (SSSR count). The number of aryl methyl sites for hydroxylation is 2. The lowest BCUT2D eigenvalue weighted by Crippen LogP contribution is -2.14. The molecule has 0 saturated heterocycles. The summed E-state index contributed by atoms with van der Waals surface area (Å²) < 4.78 is 1.85. The Morgan fingerprint density at radius 2 is 1.52 bits per heavy atom. The molecule has 29 heavy (non-hydrogen) atoms. The molecule has 0 aliphatic carbocycles. The van der Waals surface area contributed by atoms with Crippen LogP contribution in [0.3, 0.4) is 0 Å². The zero-order valence-corrected chi connectivity index (χ0v) is 17.2. The van der Waals surface area contributed by atoms with E-state index < -0.39 is 0 Å². The molecule has 0 unspecified atom stereocenters. The molecule has 0 radical (unpaired) electrons. The Hall–Kier alpha value is -3.41. The standard InChI is InChI=1S/C23H26N4O2/c1-15(2)13-22(28)24-19-7-9-20(10-8-19)25-23(29)18-5-11-21(12-6-18)27-17(4)14-16(3)26-27/h5-12,14-15H,13H2,1-4H3,(H,24,28)(H,25,29). The fourth-order valence-corrected chi connectivity index (χ4v) is 3.07. The van der Waals surface area contributed by atoms with Crippen LogP contribution in [0.2, 0.25) is 0 Å². The van der Waals surface area contributed by atoms with E-state index in [0.29, 0.717) is 29.3 Å². The summed E-state index contributed by atoms with van der Waals surface area (Å²) in [5.74, 6) is 0.0992. The smallest absolute Gasteiger partial charge is 0.255 e. The van der Waals surface area contributed by atoms with Crippen LogP contribution >= 0.6 is 0 Å². The number of carbonyl (C=O) groups excluding carboxylic acids is 2. The first-order valence-electron chi connectivity index (χ1n) is 9.67. The summed E-state index contributed by atoms with van der Waals surface area (Å²) >= 11 is 0. The van der Waals surface area contributed by atoms with E-state index >= 15 is 0 Å². The van der Waals surface area contributed by atoms with Crippen LogP contribution < -0.4 is 10.6 Å². The van der Waals surface area contributed by atoms with Crippen LogP contribution in [0, 0.1) is 19.8 Å². The number of benzene rings is 2. The summed E-state index contributed by atoms with van der Waals surface area (Å²) in [6.07, 6.45) is 0.478. The summed E-state index contributed by atoms with van der Waals surface area (Å²) in [5.41, 5.74) is 4.84. The lowest BCUT2D eigenvalue weighted by Gasteiger charge is -2.10. The van der Waals surface area contributed by atoms with E-state index in [-0.39, 0.29) is 11.8 Å². The maximum Gasteiger partial charge on any atom is 0.255 e. The summed E-state index contributed by atoms with van der Waals surface area (Å²) in [5, 5.41) is 10.2. The molecule has 6 nitrogen and oxygen atoms in total. The molecule has 2 aromatic carbocycles. The Balaban J connectivity index is 1.62. The first-order chi connectivity index (χ1) is 13.8. The molecule has 0 saturated carbocycles. The average Bonchev–Trinajstić information content (AvgIpc) is 3.01. The van der Waals surface area contributed by atoms with Crippen LogP contribution in [-0.2, 0) is 4.79 Å². The van der Waals surface area contributed by atoms with Gasteiger partial charge in [-0.05, 0) is 74.4 Å². The quantitative estimate of drug-likeness (QED) is 0.639. The number of hydrogen-bond donors (Lipinski definition) is 2. The molecule has 6 heteroatoms. The average molecular weight is 390 g/mol. The predicted octanol–water partition coefficient (Wildman–Crippen LogP) is 4.73. The number of nitrogens with one attached hydrogen (secondary N) is 2. The van der Waals surface area contributed by atoms with Gasteiger partial charge in [0.1, 0.15) is 0 Å². The van der Waals surface area contributed by atoms with Gasteiger partial charge in [0.05, 0.1) is 11.4 Å². The van der Waals surface area contributed by atoms with E-state index in [2.05, 4.69) is 15.7 Å². The number of hydrogen-bond acceptors (Lipinski definition) is 3. The SMILES string of the molecule is Cc1cc(C)n(-c2ccc(C(=O)Nc3ccc(NC(=O)CC(C)C)cc3)cc2)n1. The Morgan fingerprint density at radius 1 is 0.931 bits per heavy atom. The number of anilines is 2. The van der Waals surface area contributed by atoms with Gasteiger partial charge in [-0.2, -0.15) is 5.10 Å². The molecule has 0 bridgehead atoms. The number of rotatable bonds is 6. The summed E-state index contributed by atoms with van der Waals surface area (Å²) in [6.45, 7) is 7.95. The Kier molecular flexibility index (Phi) is 6.12. The molecule has 0 spiro atoms. The van der Waals surface area contributed by atoms with E-state index in [4.69, 9.17) is 0 Å². The maximum absolute atomic E-state index is 12.5. The van der Waals surface area contributed by atoms with Gasteiger partial charge in [-0.15, -0.1) is 0 Å². The molecule has 0 fully saturated rings. The summed E-state index contributed by atoms with van der Waals surface area (Å²) in [6, 6.07) is 16.4. The van der Waals surface area contributed by atoms with E-state index in [1.165, 1.54) is 0 Å². The van der Waals surface area contributed by atoms with Crippen molar-refractivity contribution in [2.24, 2.45) is 5.92 Å². The van der Waals surface area contributed by atoms with Crippen molar-refractivity contribution in [3.8, 4) is 5.69 Å². The molecule has 2 N–H and O–H groups in total. The fraction of sp³-hybridized carbons (Fsp3) is 0.261. The number of nitrogens with zero attached hydrogens (tertiary/aromatic N) is 2. The lowest BCUT2D eigenvalue weighted by molar-refractivity contribution is -0.116. The van der Waals surface area contributed by atoms with Crippen LogP contribution in [0.25, 0.3) is 5.69 Å². The van der Waals surface area contributed by atoms with Crippen molar-refractivity contribution < 1.29 is 9.59 Å². The highest BCUT2D eigenvalue weighted by atomic mass is 16.2. The first kappa shape index (κ1) is 20.3. The van der Waals surface area contributed by atoms with Crippen LogP contribution in [0.15, 0.2) is 54.6 Å². The van der Waals surface area contributed by atoms with Crippen molar-refractivity contribution in [1.82, 2.24) is 9.78 Å². The van der Waals surface area contributed by atoms with Crippen molar-refractivity contribution in [3.63, 3.8) is 0 Å². The molecule has 0 aliphatic heterocycles.